The van der Waals surface area contributed by atoms with Gasteiger partial charge in [0.15, 0.2) is 0 Å². The smallest absolute Gasteiger partial charge is 1.00 e. The molecule has 0 bridgehead atoms. The van der Waals surface area contributed by atoms with Crippen LogP contribution in [0.4, 0.5) is 0 Å². The van der Waals surface area contributed by atoms with Gasteiger partial charge in [0.25, 0.3) is 0 Å². The van der Waals surface area contributed by atoms with Gasteiger partial charge in [-0.1, -0.05) is 77.4 Å². The predicted molar refractivity (Wildman–Crippen MR) is 113 cm³/mol. The Morgan fingerprint density at radius 3 is 1.86 bits per heavy atom. The van der Waals surface area contributed by atoms with Crippen LogP contribution in [-0.4, -0.2) is 15.2 Å². The van der Waals surface area contributed by atoms with Crippen LogP contribution in [0.1, 0.15) is 59.6 Å². The number of aryl methyl sites for hydroxylation is 1. The molecule has 155 valence electrons. The van der Waals surface area contributed by atoms with Gasteiger partial charge in [-0.2, -0.15) is 11.1 Å². The first-order valence-corrected chi connectivity index (χ1v) is 12.3. The molecular formula is C23H35Cl2OSiTi. The van der Waals surface area contributed by atoms with E-state index < -0.39 is 8.07 Å². The summed E-state index contributed by atoms with van der Waals surface area (Å²) in [4.78, 5) is 0. The largest absolute Gasteiger partial charge is 3.00 e. The molecule has 0 amide bonds. The van der Waals surface area contributed by atoms with Gasteiger partial charge in [0.05, 0.1) is 15.2 Å². The van der Waals surface area contributed by atoms with Crippen LogP contribution in [0.25, 0.3) is 0 Å². The van der Waals surface area contributed by atoms with Gasteiger partial charge in [0.1, 0.15) is 5.75 Å². The molecule has 5 heteroatoms. The van der Waals surface area contributed by atoms with Crippen molar-refractivity contribution < 1.29 is 51.3 Å². The minimum Gasteiger partial charge on any atom is -1.00 e. The van der Waals surface area contributed by atoms with Gasteiger partial charge >= 0.3 is 21.7 Å². The molecule has 1 aliphatic rings. The molecule has 0 heterocycles. The summed E-state index contributed by atoms with van der Waals surface area (Å²) in [5.74, 6) is 1.09. The Bertz CT molecular complexity index is 776. The Hall–Kier alpha value is 0.0112. The molecular weight excluding hydrogens is 439 g/mol. The van der Waals surface area contributed by atoms with Gasteiger partial charge in [-0.15, -0.1) is 6.92 Å². The van der Waals surface area contributed by atoms with Crippen molar-refractivity contribution in [1.29, 1.82) is 0 Å². The first-order valence-electron chi connectivity index (χ1n) is 9.27. The van der Waals surface area contributed by atoms with E-state index in [-0.39, 0.29) is 57.0 Å². The molecule has 28 heavy (non-hydrogen) atoms. The van der Waals surface area contributed by atoms with Crippen molar-refractivity contribution in [3.63, 3.8) is 0 Å². The van der Waals surface area contributed by atoms with Gasteiger partial charge in [-0.05, 0) is 23.1 Å². The molecule has 1 aromatic rings. The summed E-state index contributed by atoms with van der Waals surface area (Å²) in [5.41, 5.74) is 6.88. The van der Waals surface area contributed by atoms with Crippen LogP contribution >= 0.6 is 0 Å². The molecule has 0 aromatic heterocycles. The quantitative estimate of drug-likeness (QED) is 0.446. The second kappa shape index (κ2) is 9.88. The number of rotatable bonds is 3. The van der Waals surface area contributed by atoms with Gasteiger partial charge in [0, 0.05) is 0 Å². The van der Waals surface area contributed by atoms with E-state index in [2.05, 4.69) is 86.7 Å². The maximum atomic E-state index is 6.02. The zero-order chi connectivity index (χ0) is 19.4. The van der Waals surface area contributed by atoms with Crippen LogP contribution in [0.5, 0.6) is 5.75 Å². The van der Waals surface area contributed by atoms with E-state index in [1.54, 1.807) is 0 Å². The van der Waals surface area contributed by atoms with Crippen LogP contribution in [0, 0.1) is 13.0 Å². The number of hydrogen-bond donors (Lipinski definition) is 0. The molecule has 0 aliphatic heterocycles. The van der Waals surface area contributed by atoms with E-state index >= 15 is 0 Å². The summed E-state index contributed by atoms with van der Waals surface area (Å²) in [6, 6.07) is 4.66. The molecule has 0 N–H and O–H groups in total. The summed E-state index contributed by atoms with van der Waals surface area (Å²) in [5, 5.41) is 1.41. The Labute approximate surface area is 201 Å². The standard InChI is InChI=1S/C23H35OSi.2ClH.Ti/c1-15-12-19(22(5,6)7)21(24-9)20(13-15)25(10,11)23(8)14-16(2)17(3)18(23)4;;;/h12-13H,1-11H3;2*1H;/q-1;;;+3/p-2. The minimum absolute atomic E-state index is 0. The van der Waals surface area contributed by atoms with Gasteiger partial charge in [-0.25, -0.2) is 5.57 Å². The Morgan fingerprint density at radius 2 is 1.50 bits per heavy atom. The second-order valence-electron chi connectivity index (χ2n) is 9.39. The summed E-state index contributed by atoms with van der Waals surface area (Å²) in [7, 11) is -0.116. The molecule has 1 aliphatic carbocycles. The van der Waals surface area contributed by atoms with E-state index in [1.165, 1.54) is 33.0 Å². The number of halogens is 2. The second-order valence-corrected chi connectivity index (χ2v) is 14.2. The third-order valence-electron chi connectivity index (χ3n) is 6.48. The average Bonchev–Trinajstić information content (AvgIpc) is 2.70. The Morgan fingerprint density at radius 1 is 1.00 bits per heavy atom. The maximum Gasteiger partial charge on any atom is 3.00 e. The van der Waals surface area contributed by atoms with Gasteiger partial charge in [0.2, 0.25) is 0 Å². The van der Waals surface area contributed by atoms with Gasteiger partial charge in [-0.3, -0.25) is 6.08 Å². The first kappa shape index (κ1) is 30.2. The van der Waals surface area contributed by atoms with Crippen molar-refractivity contribution in [1.82, 2.24) is 0 Å². The molecule has 0 spiro atoms. The monoisotopic (exact) mass is 473 g/mol. The molecule has 0 fully saturated rings. The molecule has 1 nitrogen and oxygen atoms in total. The van der Waals surface area contributed by atoms with E-state index in [4.69, 9.17) is 4.74 Å². The Kier molecular flexibility index (Phi) is 10.7. The van der Waals surface area contributed by atoms with Crippen LogP contribution in [-0.2, 0) is 27.1 Å². The molecule has 0 saturated heterocycles. The number of hydrogen-bond acceptors (Lipinski definition) is 1. The third-order valence-corrected chi connectivity index (χ3v) is 11.2. The Balaban J connectivity index is 0. The molecule has 1 unspecified atom stereocenters. The summed E-state index contributed by atoms with van der Waals surface area (Å²) in [6.07, 6.45) is 3.85. The number of benzene rings is 1. The molecule has 1 aromatic carbocycles. The third kappa shape index (κ3) is 4.84. The summed E-state index contributed by atoms with van der Waals surface area (Å²) >= 11 is 0. The van der Waals surface area contributed by atoms with E-state index in [0.29, 0.717) is 0 Å². The maximum absolute atomic E-state index is 6.02. The van der Waals surface area contributed by atoms with Crippen molar-refractivity contribution in [2.24, 2.45) is 0 Å². The first-order chi connectivity index (χ1) is 11.3. The molecule has 1 radical (unpaired) electrons. The van der Waals surface area contributed by atoms with Crippen LogP contribution in [0.3, 0.4) is 0 Å². The summed E-state index contributed by atoms with van der Waals surface area (Å²) < 4.78 is 6.02. The van der Waals surface area contributed by atoms with Crippen LogP contribution in [0.2, 0.25) is 18.1 Å². The van der Waals surface area contributed by atoms with Crippen LogP contribution < -0.4 is 34.7 Å². The van der Waals surface area contributed by atoms with E-state index in [1.807, 2.05) is 7.11 Å². The normalized spacial score (nSPS) is 19.3. The SMILES string of the molecule is COc1c(C(C)(C)C)cc(C)cc1[Si](C)(C)C1(C)[C-]=C(C)C(C)=C1C.[Cl-].[Cl-].[Ti+3]. The number of methoxy groups -OCH3 is 1. The van der Waals surface area contributed by atoms with Crippen LogP contribution in [0.15, 0.2) is 28.9 Å². The van der Waals surface area contributed by atoms with Crippen molar-refractivity contribution in [3.05, 3.63) is 46.1 Å². The van der Waals surface area contributed by atoms with Gasteiger partial charge < -0.3 is 29.6 Å². The molecule has 2 rings (SSSR count). The van der Waals surface area contributed by atoms with Crippen molar-refractivity contribution >= 4 is 13.3 Å². The van der Waals surface area contributed by atoms with Crippen molar-refractivity contribution in [2.45, 2.75) is 78.9 Å². The molecule has 0 saturated carbocycles. The number of ether oxygens (including phenoxy) is 1. The minimum atomic E-state index is -1.94. The fraction of sp³-hybridized carbons (Fsp3) is 0.565. The zero-order valence-electron chi connectivity index (χ0n) is 19.3. The zero-order valence-corrected chi connectivity index (χ0v) is 23.4. The predicted octanol–water partition coefficient (Wildman–Crippen LogP) is 0.0818. The van der Waals surface area contributed by atoms with Crippen molar-refractivity contribution in [3.8, 4) is 5.75 Å². The van der Waals surface area contributed by atoms with E-state index in [0.717, 1.165) is 5.75 Å². The average molecular weight is 474 g/mol. The van der Waals surface area contributed by atoms with Crippen molar-refractivity contribution in [2.75, 3.05) is 7.11 Å². The van der Waals surface area contributed by atoms with E-state index in [9.17, 15) is 0 Å². The fourth-order valence-electron chi connectivity index (χ4n) is 4.13. The fourth-order valence-corrected chi connectivity index (χ4v) is 7.68. The topological polar surface area (TPSA) is 9.23 Å². The molecule has 1 atom stereocenters. The summed E-state index contributed by atoms with van der Waals surface area (Å²) in [6.45, 7) is 23.1. The number of allylic oxidation sites excluding steroid dienone is 4.